The number of hydrogen-bond donors (Lipinski definition) is 1. The van der Waals surface area contributed by atoms with Crippen molar-refractivity contribution in [3.8, 4) is 0 Å². The molecule has 0 spiro atoms. The van der Waals surface area contributed by atoms with Crippen LogP contribution in [0.3, 0.4) is 0 Å². The van der Waals surface area contributed by atoms with Crippen LogP contribution in [0.1, 0.15) is 18.1 Å². The summed E-state index contributed by atoms with van der Waals surface area (Å²) in [6, 6.07) is 19.2. The Morgan fingerprint density at radius 1 is 0.909 bits per heavy atom. The molecule has 0 saturated carbocycles. The monoisotopic (exact) mass is 318 g/mol. The van der Waals surface area contributed by atoms with E-state index in [2.05, 4.69) is 0 Å². The van der Waals surface area contributed by atoms with E-state index in [1.165, 1.54) is 4.31 Å². The van der Waals surface area contributed by atoms with Crippen molar-refractivity contribution in [3.05, 3.63) is 71.8 Å². The molecule has 0 heterocycles. The van der Waals surface area contributed by atoms with Crippen LogP contribution in [0.2, 0.25) is 0 Å². The molecular weight excluding hydrogens is 296 g/mol. The number of nitrogens with two attached hydrogens (primary N) is 1. The number of benzene rings is 2. The molecule has 0 saturated heterocycles. The quantitative estimate of drug-likeness (QED) is 0.852. The van der Waals surface area contributed by atoms with E-state index in [1.54, 1.807) is 6.92 Å². The molecule has 1 atom stereocenters. The minimum atomic E-state index is -3.44. The topological polar surface area (TPSA) is 63.4 Å². The summed E-state index contributed by atoms with van der Waals surface area (Å²) in [5.41, 5.74) is 7.51. The fraction of sp³-hybridized carbons (Fsp3) is 0.294. The molecule has 2 N–H and O–H groups in total. The molecule has 2 aromatic rings. The Balaban J connectivity index is 2.28. The van der Waals surface area contributed by atoms with Crippen molar-refractivity contribution < 1.29 is 8.42 Å². The molecule has 0 aliphatic heterocycles. The molecule has 0 aliphatic carbocycles. The van der Waals surface area contributed by atoms with Gasteiger partial charge in [-0.05, 0) is 18.1 Å². The van der Waals surface area contributed by atoms with Crippen molar-refractivity contribution in [3.63, 3.8) is 0 Å². The summed E-state index contributed by atoms with van der Waals surface area (Å²) in [4.78, 5) is 0. The van der Waals surface area contributed by atoms with Gasteiger partial charge in [0.1, 0.15) is 0 Å². The van der Waals surface area contributed by atoms with Crippen LogP contribution >= 0.6 is 0 Å². The van der Waals surface area contributed by atoms with Crippen molar-refractivity contribution in [2.75, 3.05) is 6.54 Å². The largest absolute Gasteiger partial charge is 0.329 e. The maximum Gasteiger partial charge on any atom is 0.218 e. The SMILES string of the molecule is CC(CN)S(=O)(=O)N(Cc1ccccc1)Cc1ccccc1. The molecule has 4 nitrogen and oxygen atoms in total. The van der Waals surface area contributed by atoms with Gasteiger partial charge in [-0.1, -0.05) is 60.7 Å². The first-order valence-corrected chi connectivity index (χ1v) is 8.81. The molecular formula is C17H22N2O2S. The maximum absolute atomic E-state index is 12.7. The van der Waals surface area contributed by atoms with E-state index < -0.39 is 15.3 Å². The normalized spacial score (nSPS) is 13.2. The van der Waals surface area contributed by atoms with Crippen LogP contribution in [0.5, 0.6) is 0 Å². The lowest BCUT2D eigenvalue weighted by atomic mass is 10.2. The van der Waals surface area contributed by atoms with Crippen LogP contribution in [0, 0.1) is 0 Å². The predicted molar refractivity (Wildman–Crippen MR) is 89.6 cm³/mol. The first-order chi connectivity index (χ1) is 10.5. The third-order valence-electron chi connectivity index (χ3n) is 3.60. The minimum Gasteiger partial charge on any atom is -0.329 e. The van der Waals surface area contributed by atoms with Gasteiger partial charge < -0.3 is 5.73 Å². The molecule has 0 fully saturated rings. The van der Waals surface area contributed by atoms with Gasteiger partial charge >= 0.3 is 0 Å². The average Bonchev–Trinajstić information content (AvgIpc) is 2.55. The molecule has 1 unspecified atom stereocenters. The zero-order valence-corrected chi connectivity index (χ0v) is 13.5. The second-order valence-corrected chi connectivity index (χ2v) is 7.68. The highest BCUT2D eigenvalue weighted by atomic mass is 32.2. The lowest BCUT2D eigenvalue weighted by Gasteiger charge is -2.25. The summed E-state index contributed by atoms with van der Waals surface area (Å²) in [7, 11) is -3.44. The van der Waals surface area contributed by atoms with E-state index in [4.69, 9.17) is 5.73 Å². The molecule has 22 heavy (non-hydrogen) atoms. The fourth-order valence-corrected chi connectivity index (χ4v) is 3.60. The van der Waals surface area contributed by atoms with Crippen molar-refractivity contribution in [2.24, 2.45) is 5.73 Å². The Labute approximate surface area is 132 Å². The fourth-order valence-electron chi connectivity index (χ4n) is 2.19. The maximum atomic E-state index is 12.7. The standard InChI is InChI=1S/C17H22N2O2S/c1-15(12-18)22(20,21)19(13-16-8-4-2-5-9-16)14-17-10-6-3-7-11-17/h2-11,15H,12-14,18H2,1H3. The Kier molecular flexibility index (Phi) is 5.71. The van der Waals surface area contributed by atoms with E-state index in [-0.39, 0.29) is 6.54 Å². The molecule has 0 aromatic heterocycles. The average molecular weight is 318 g/mol. The van der Waals surface area contributed by atoms with Crippen LogP contribution in [0.15, 0.2) is 60.7 Å². The van der Waals surface area contributed by atoms with Gasteiger partial charge in [0, 0.05) is 19.6 Å². The van der Waals surface area contributed by atoms with Gasteiger partial charge in [0.25, 0.3) is 0 Å². The van der Waals surface area contributed by atoms with Gasteiger partial charge in [0.05, 0.1) is 5.25 Å². The summed E-state index contributed by atoms with van der Waals surface area (Å²) >= 11 is 0. The molecule has 118 valence electrons. The minimum absolute atomic E-state index is 0.114. The van der Waals surface area contributed by atoms with E-state index in [0.717, 1.165) is 11.1 Å². The van der Waals surface area contributed by atoms with E-state index in [1.807, 2.05) is 60.7 Å². The first kappa shape index (κ1) is 16.7. The Hall–Kier alpha value is -1.69. The second kappa shape index (κ2) is 7.54. The van der Waals surface area contributed by atoms with Crippen LogP contribution < -0.4 is 5.73 Å². The number of sulfonamides is 1. The van der Waals surface area contributed by atoms with Gasteiger partial charge in [-0.15, -0.1) is 0 Å². The highest BCUT2D eigenvalue weighted by molar-refractivity contribution is 7.89. The predicted octanol–water partition coefficient (Wildman–Crippen LogP) is 2.37. The van der Waals surface area contributed by atoms with Crippen molar-refractivity contribution in [1.29, 1.82) is 0 Å². The molecule has 0 amide bonds. The number of hydrogen-bond acceptors (Lipinski definition) is 3. The van der Waals surface area contributed by atoms with Gasteiger partial charge in [0.15, 0.2) is 0 Å². The van der Waals surface area contributed by atoms with Gasteiger partial charge in [-0.3, -0.25) is 0 Å². The van der Waals surface area contributed by atoms with Gasteiger partial charge in [0.2, 0.25) is 10.0 Å². The van der Waals surface area contributed by atoms with Crippen molar-refractivity contribution in [1.82, 2.24) is 4.31 Å². The zero-order valence-electron chi connectivity index (χ0n) is 12.7. The molecule has 0 aliphatic rings. The number of nitrogens with zero attached hydrogens (tertiary/aromatic N) is 1. The van der Waals surface area contributed by atoms with Gasteiger partial charge in [-0.2, -0.15) is 4.31 Å². The molecule has 2 rings (SSSR count). The zero-order chi connectivity index (χ0) is 16.0. The summed E-state index contributed by atoms with van der Waals surface area (Å²) in [6.07, 6.45) is 0. The summed E-state index contributed by atoms with van der Waals surface area (Å²) in [5.74, 6) is 0. The van der Waals surface area contributed by atoms with Crippen LogP contribution in [0.4, 0.5) is 0 Å². The smallest absolute Gasteiger partial charge is 0.218 e. The summed E-state index contributed by atoms with van der Waals surface area (Å²) in [5, 5.41) is -0.597. The van der Waals surface area contributed by atoms with E-state index in [0.29, 0.717) is 13.1 Å². The molecule has 2 aromatic carbocycles. The van der Waals surface area contributed by atoms with Crippen molar-refractivity contribution in [2.45, 2.75) is 25.3 Å². The third kappa shape index (κ3) is 4.16. The highest BCUT2D eigenvalue weighted by Crippen LogP contribution is 2.17. The van der Waals surface area contributed by atoms with Crippen LogP contribution in [0.25, 0.3) is 0 Å². The summed E-state index contributed by atoms with van der Waals surface area (Å²) in [6.45, 7) is 2.46. The first-order valence-electron chi connectivity index (χ1n) is 7.31. The second-order valence-electron chi connectivity index (χ2n) is 5.33. The van der Waals surface area contributed by atoms with Crippen LogP contribution in [-0.4, -0.2) is 24.5 Å². The lowest BCUT2D eigenvalue weighted by Crippen LogP contribution is -2.40. The molecule has 0 bridgehead atoms. The van der Waals surface area contributed by atoms with Gasteiger partial charge in [-0.25, -0.2) is 8.42 Å². The highest BCUT2D eigenvalue weighted by Gasteiger charge is 2.28. The Morgan fingerprint density at radius 2 is 1.32 bits per heavy atom. The Bertz CT molecular complexity index is 631. The number of rotatable bonds is 7. The lowest BCUT2D eigenvalue weighted by molar-refractivity contribution is 0.395. The summed E-state index contributed by atoms with van der Waals surface area (Å²) < 4.78 is 26.9. The molecule has 0 radical (unpaired) electrons. The molecule has 5 heteroatoms. The third-order valence-corrected chi connectivity index (χ3v) is 5.79. The van der Waals surface area contributed by atoms with Crippen LogP contribution in [-0.2, 0) is 23.1 Å². The van der Waals surface area contributed by atoms with E-state index in [9.17, 15) is 8.42 Å². The van der Waals surface area contributed by atoms with E-state index >= 15 is 0 Å². The van der Waals surface area contributed by atoms with Crippen molar-refractivity contribution >= 4 is 10.0 Å². The Morgan fingerprint density at radius 3 is 1.68 bits per heavy atom.